The fraction of sp³-hybridized carbons (Fsp3) is 0.556. The fourth-order valence-corrected chi connectivity index (χ4v) is 1.10. The summed E-state index contributed by atoms with van der Waals surface area (Å²) in [5, 5.41) is 14.5. The predicted octanol–water partition coefficient (Wildman–Crippen LogP) is 0.185. The minimum Gasteiger partial charge on any atom is -0.754 e. The van der Waals surface area contributed by atoms with Crippen molar-refractivity contribution in [1.82, 2.24) is 4.98 Å². The van der Waals surface area contributed by atoms with Crippen molar-refractivity contribution in [2.75, 3.05) is 36.6 Å². The molecule has 0 aliphatic rings. The van der Waals surface area contributed by atoms with E-state index in [-0.39, 0.29) is 5.95 Å². The Morgan fingerprint density at radius 1 is 1.60 bits per heavy atom. The number of aromatic nitrogens is 2. The van der Waals surface area contributed by atoms with Crippen LogP contribution in [0.1, 0.15) is 13.3 Å². The Kier molecular flexibility index (Phi) is 3.54. The van der Waals surface area contributed by atoms with E-state index in [1.54, 1.807) is 11.0 Å². The molecule has 0 radical (unpaired) electrons. The van der Waals surface area contributed by atoms with Gasteiger partial charge in [0, 0.05) is 20.6 Å². The largest absolute Gasteiger partial charge is 0.754 e. The van der Waals surface area contributed by atoms with E-state index in [1.807, 2.05) is 21.0 Å². The van der Waals surface area contributed by atoms with Crippen LogP contribution in [0.4, 0.5) is 17.6 Å². The Hall–Kier alpha value is -1.72. The first kappa shape index (κ1) is 11.4. The average Bonchev–Trinajstić information content (AvgIpc) is 2.19. The molecule has 0 aliphatic heterocycles. The Morgan fingerprint density at radius 2 is 2.27 bits per heavy atom. The number of nitrogen functional groups attached to an aromatic ring is 1. The Bertz CT molecular complexity index is 340. The highest BCUT2D eigenvalue weighted by Crippen LogP contribution is 2.12. The molecule has 0 saturated heterocycles. The van der Waals surface area contributed by atoms with E-state index < -0.39 is 0 Å². The highest BCUT2D eigenvalue weighted by atomic mass is 16.5. The number of hydrogen-bond donors (Lipinski definition) is 2. The van der Waals surface area contributed by atoms with Crippen molar-refractivity contribution in [2.24, 2.45) is 0 Å². The molecule has 0 atom stereocenters. The van der Waals surface area contributed by atoms with E-state index in [0.29, 0.717) is 16.4 Å². The highest BCUT2D eigenvalue weighted by molar-refractivity contribution is 5.47. The molecule has 0 spiro atoms. The lowest BCUT2D eigenvalue weighted by atomic mass is 10.4. The molecule has 84 valence electrons. The lowest BCUT2D eigenvalue weighted by Crippen LogP contribution is -2.36. The topological polar surface area (TPSA) is 81.1 Å². The van der Waals surface area contributed by atoms with Crippen LogP contribution in [0.25, 0.3) is 0 Å². The van der Waals surface area contributed by atoms with Gasteiger partial charge in [-0.3, -0.25) is 0 Å². The molecule has 1 heterocycles. The zero-order valence-corrected chi connectivity index (χ0v) is 9.32. The summed E-state index contributed by atoms with van der Waals surface area (Å²) in [6, 6.07) is 1.68. The monoisotopic (exact) mass is 211 g/mol. The van der Waals surface area contributed by atoms with Gasteiger partial charge in [-0.2, -0.15) is 0 Å². The van der Waals surface area contributed by atoms with Gasteiger partial charge in [-0.1, -0.05) is 11.9 Å². The molecule has 0 fully saturated rings. The Balaban J connectivity index is 3.02. The lowest BCUT2D eigenvalue weighted by molar-refractivity contribution is -0.577. The molecule has 15 heavy (non-hydrogen) atoms. The second-order valence-electron chi connectivity index (χ2n) is 3.47. The molecule has 0 aliphatic carbocycles. The van der Waals surface area contributed by atoms with Crippen LogP contribution in [-0.2, 0) is 0 Å². The first-order chi connectivity index (χ1) is 7.06. The zero-order chi connectivity index (χ0) is 11.4. The first-order valence-corrected chi connectivity index (χ1v) is 4.87. The van der Waals surface area contributed by atoms with Gasteiger partial charge in [-0.25, -0.2) is 4.73 Å². The summed E-state index contributed by atoms with van der Waals surface area (Å²) < 4.78 is 0.600. The van der Waals surface area contributed by atoms with Gasteiger partial charge in [0.05, 0.1) is 6.07 Å². The van der Waals surface area contributed by atoms with E-state index in [4.69, 9.17) is 5.73 Å². The van der Waals surface area contributed by atoms with Gasteiger partial charge in [0.2, 0.25) is 0 Å². The molecule has 0 unspecified atom stereocenters. The van der Waals surface area contributed by atoms with E-state index in [0.717, 1.165) is 13.0 Å². The number of hydrogen-bond acceptors (Lipinski definition) is 5. The van der Waals surface area contributed by atoms with Crippen molar-refractivity contribution in [1.29, 1.82) is 0 Å². The van der Waals surface area contributed by atoms with E-state index >= 15 is 0 Å². The van der Waals surface area contributed by atoms with Crippen molar-refractivity contribution >= 4 is 17.6 Å². The van der Waals surface area contributed by atoms with E-state index in [9.17, 15) is 5.21 Å². The minimum absolute atomic E-state index is 0.0418. The van der Waals surface area contributed by atoms with Crippen LogP contribution in [0.5, 0.6) is 0 Å². The maximum atomic E-state index is 11.5. The second-order valence-corrected chi connectivity index (χ2v) is 3.47. The third-order valence-electron chi connectivity index (χ3n) is 1.94. The predicted molar refractivity (Wildman–Crippen MR) is 60.7 cm³/mol. The van der Waals surface area contributed by atoms with Gasteiger partial charge in [0.1, 0.15) is 0 Å². The highest BCUT2D eigenvalue weighted by Gasteiger charge is 2.10. The third kappa shape index (κ3) is 2.61. The summed E-state index contributed by atoms with van der Waals surface area (Å²) in [6.45, 7) is 2.76. The maximum Gasteiger partial charge on any atom is 0.346 e. The van der Waals surface area contributed by atoms with Crippen LogP contribution in [0.15, 0.2) is 6.07 Å². The Morgan fingerprint density at radius 3 is 2.80 bits per heavy atom. The van der Waals surface area contributed by atoms with Crippen molar-refractivity contribution in [3.05, 3.63) is 11.3 Å². The minimum atomic E-state index is -0.0418. The zero-order valence-electron chi connectivity index (χ0n) is 9.32. The smallest absolute Gasteiger partial charge is 0.346 e. The van der Waals surface area contributed by atoms with Crippen molar-refractivity contribution in [3.63, 3.8) is 0 Å². The van der Waals surface area contributed by atoms with Crippen LogP contribution >= 0.6 is 0 Å². The number of rotatable bonds is 4. The number of nitrogens with zero attached hydrogens (tertiary/aromatic N) is 3. The van der Waals surface area contributed by atoms with Gasteiger partial charge in [-0.15, -0.1) is 0 Å². The van der Waals surface area contributed by atoms with Crippen LogP contribution in [0.3, 0.4) is 0 Å². The summed E-state index contributed by atoms with van der Waals surface area (Å²) >= 11 is 0. The quantitative estimate of drug-likeness (QED) is 0.548. The molecule has 6 nitrogen and oxygen atoms in total. The van der Waals surface area contributed by atoms with Crippen molar-refractivity contribution in [2.45, 2.75) is 13.3 Å². The average molecular weight is 211 g/mol. The molecule has 0 aromatic carbocycles. The molecule has 0 saturated carbocycles. The lowest BCUT2D eigenvalue weighted by Gasteiger charge is -2.16. The summed E-state index contributed by atoms with van der Waals surface area (Å²) in [5.74, 6) is 1.06. The Labute approximate surface area is 89.3 Å². The molecule has 0 amide bonds. The fourth-order valence-electron chi connectivity index (χ4n) is 1.10. The number of nitrogens with one attached hydrogen (secondary N) is 1. The van der Waals surface area contributed by atoms with Gasteiger partial charge < -0.3 is 21.2 Å². The van der Waals surface area contributed by atoms with Crippen LogP contribution in [-0.4, -0.2) is 25.6 Å². The van der Waals surface area contributed by atoms with Crippen LogP contribution in [0.2, 0.25) is 0 Å². The molecular weight excluding hydrogens is 194 g/mol. The second kappa shape index (κ2) is 4.68. The summed E-state index contributed by atoms with van der Waals surface area (Å²) in [5.41, 5.74) is 5.50. The van der Waals surface area contributed by atoms with Gasteiger partial charge in [0.25, 0.3) is 0 Å². The van der Waals surface area contributed by atoms with Gasteiger partial charge in [0.15, 0.2) is 11.6 Å². The SMILES string of the molecule is CCCNc1cc(N(C)C)nc(N)[n+]1[O-]. The van der Waals surface area contributed by atoms with Crippen molar-refractivity contribution < 1.29 is 4.73 Å². The summed E-state index contributed by atoms with van der Waals surface area (Å²) in [7, 11) is 3.70. The maximum absolute atomic E-state index is 11.5. The molecule has 6 heteroatoms. The normalized spacial score (nSPS) is 10.1. The molecule has 1 rings (SSSR count). The summed E-state index contributed by atoms with van der Waals surface area (Å²) in [6.07, 6.45) is 0.944. The molecule has 0 bridgehead atoms. The van der Waals surface area contributed by atoms with Crippen molar-refractivity contribution in [3.8, 4) is 0 Å². The van der Waals surface area contributed by atoms with E-state index in [2.05, 4.69) is 10.3 Å². The molecular formula is C9H17N5O. The van der Waals surface area contributed by atoms with Crippen LogP contribution < -0.4 is 20.7 Å². The van der Waals surface area contributed by atoms with Crippen LogP contribution in [0, 0.1) is 5.21 Å². The summed E-state index contributed by atoms with van der Waals surface area (Å²) in [4.78, 5) is 5.75. The molecule has 1 aromatic rings. The first-order valence-electron chi connectivity index (χ1n) is 4.87. The third-order valence-corrected chi connectivity index (χ3v) is 1.94. The molecule has 1 aromatic heterocycles. The number of nitrogens with two attached hydrogens (primary N) is 1. The standard InChI is InChI=1S/C9H17N5O/c1-4-5-11-7-6-8(13(2)3)12-9(10)14(7)15/h6,11H,4-5H2,1-3H3,(H2,10,12). The van der Waals surface area contributed by atoms with Gasteiger partial charge >= 0.3 is 5.95 Å². The number of anilines is 3. The van der Waals surface area contributed by atoms with Gasteiger partial charge in [-0.05, 0) is 6.42 Å². The molecule has 3 N–H and O–H groups in total. The van der Waals surface area contributed by atoms with E-state index in [1.165, 1.54) is 0 Å².